The van der Waals surface area contributed by atoms with Crippen molar-refractivity contribution in [1.29, 1.82) is 0 Å². The third-order valence-corrected chi connectivity index (χ3v) is 3.68. The molecule has 0 aliphatic carbocycles. The summed E-state index contributed by atoms with van der Waals surface area (Å²) in [5.74, 6) is 1.67. The fraction of sp³-hybridized carbons (Fsp3) is 0.786. The minimum absolute atomic E-state index is 0.671. The Morgan fingerprint density at radius 3 is 2.83 bits per heavy atom. The second kappa shape index (κ2) is 6.78. The van der Waals surface area contributed by atoms with Gasteiger partial charge in [0.25, 0.3) is 0 Å². The van der Waals surface area contributed by atoms with Gasteiger partial charge in [0.2, 0.25) is 5.95 Å². The molecular formula is C14H26N4. The van der Waals surface area contributed by atoms with Crippen molar-refractivity contribution in [2.24, 2.45) is 5.92 Å². The van der Waals surface area contributed by atoms with E-state index in [1.165, 1.54) is 38.9 Å². The fourth-order valence-corrected chi connectivity index (χ4v) is 2.64. The molecule has 1 atom stereocenters. The molecule has 1 aromatic heterocycles. The third kappa shape index (κ3) is 3.73. The van der Waals surface area contributed by atoms with Crippen molar-refractivity contribution >= 4 is 5.95 Å². The number of hydrogen-bond acceptors (Lipinski definition) is 3. The van der Waals surface area contributed by atoms with Crippen LogP contribution in [-0.2, 0) is 6.54 Å². The topological polar surface area (TPSA) is 33.1 Å². The highest BCUT2D eigenvalue weighted by Gasteiger charge is 2.13. The van der Waals surface area contributed by atoms with Crippen LogP contribution in [0.4, 0.5) is 5.95 Å². The van der Waals surface area contributed by atoms with Crippen LogP contribution in [0.3, 0.4) is 0 Å². The lowest BCUT2D eigenvalue weighted by atomic mass is 10.1. The molecule has 1 fully saturated rings. The molecule has 4 heteroatoms. The molecule has 18 heavy (non-hydrogen) atoms. The van der Waals surface area contributed by atoms with Gasteiger partial charge >= 0.3 is 0 Å². The molecule has 0 saturated carbocycles. The first-order valence-electron chi connectivity index (χ1n) is 7.27. The van der Waals surface area contributed by atoms with Crippen LogP contribution in [0.25, 0.3) is 0 Å². The Morgan fingerprint density at radius 2 is 2.11 bits per heavy atom. The summed E-state index contributed by atoms with van der Waals surface area (Å²) in [5, 5.41) is 3.46. The van der Waals surface area contributed by atoms with Gasteiger partial charge < -0.3 is 14.8 Å². The third-order valence-electron chi connectivity index (χ3n) is 3.68. The minimum atomic E-state index is 0.671. The van der Waals surface area contributed by atoms with Gasteiger partial charge in [0.15, 0.2) is 0 Å². The number of hydrogen-bond donors (Lipinski definition) is 1. The molecular weight excluding hydrogens is 224 g/mol. The first-order chi connectivity index (χ1) is 8.79. The quantitative estimate of drug-likeness (QED) is 0.842. The van der Waals surface area contributed by atoms with E-state index in [0.29, 0.717) is 5.92 Å². The van der Waals surface area contributed by atoms with Crippen LogP contribution < -0.4 is 5.32 Å². The normalized spacial score (nSPS) is 18.8. The molecule has 2 heterocycles. The lowest BCUT2D eigenvalue weighted by Crippen LogP contribution is -2.35. The number of imidazole rings is 1. The van der Waals surface area contributed by atoms with E-state index in [9.17, 15) is 0 Å². The molecule has 2 rings (SSSR count). The van der Waals surface area contributed by atoms with E-state index in [1.54, 1.807) is 0 Å². The highest BCUT2D eigenvalue weighted by molar-refractivity contribution is 5.25. The lowest BCUT2D eigenvalue weighted by molar-refractivity contribution is 0.204. The Balaban J connectivity index is 1.72. The number of nitrogens with one attached hydrogen (secondary N) is 1. The zero-order valence-corrected chi connectivity index (χ0v) is 11.7. The minimum Gasteiger partial charge on any atom is -0.355 e. The summed E-state index contributed by atoms with van der Waals surface area (Å²) >= 11 is 0. The summed E-state index contributed by atoms with van der Waals surface area (Å²) in [5.41, 5.74) is 0. The maximum Gasteiger partial charge on any atom is 0.202 e. The average Bonchev–Trinajstić information content (AvgIpc) is 2.85. The van der Waals surface area contributed by atoms with Crippen molar-refractivity contribution in [3.8, 4) is 0 Å². The number of piperidine rings is 1. The number of nitrogens with zero attached hydrogens (tertiary/aromatic N) is 3. The van der Waals surface area contributed by atoms with E-state index < -0.39 is 0 Å². The summed E-state index contributed by atoms with van der Waals surface area (Å²) in [7, 11) is 0. The van der Waals surface area contributed by atoms with E-state index in [1.807, 2.05) is 12.4 Å². The zero-order chi connectivity index (χ0) is 12.8. The van der Waals surface area contributed by atoms with Gasteiger partial charge in [0.05, 0.1) is 0 Å². The number of likely N-dealkylation sites (tertiary alicyclic amines) is 1. The molecule has 0 aromatic carbocycles. The molecule has 1 aliphatic heterocycles. The number of aryl methyl sites for hydroxylation is 1. The Bertz CT molecular complexity index is 341. The van der Waals surface area contributed by atoms with Crippen LogP contribution in [0.2, 0.25) is 0 Å². The Morgan fingerprint density at radius 1 is 1.33 bits per heavy atom. The van der Waals surface area contributed by atoms with E-state index in [0.717, 1.165) is 19.0 Å². The number of rotatable bonds is 6. The van der Waals surface area contributed by atoms with Crippen LogP contribution in [0.15, 0.2) is 12.4 Å². The van der Waals surface area contributed by atoms with Gasteiger partial charge in [0.1, 0.15) is 0 Å². The summed E-state index contributed by atoms with van der Waals surface area (Å²) in [6, 6.07) is 0. The lowest BCUT2D eigenvalue weighted by Gasteiger charge is -2.29. The van der Waals surface area contributed by atoms with Crippen LogP contribution in [0, 0.1) is 5.92 Å². The Hall–Kier alpha value is -1.03. The van der Waals surface area contributed by atoms with Gasteiger partial charge in [0, 0.05) is 32.0 Å². The SMILES string of the molecule is CCn1ccnc1NCC(C)CN1CCCCC1. The maximum absolute atomic E-state index is 4.34. The van der Waals surface area contributed by atoms with Crippen molar-refractivity contribution in [3.63, 3.8) is 0 Å². The predicted molar refractivity (Wildman–Crippen MR) is 75.8 cm³/mol. The van der Waals surface area contributed by atoms with Crippen LogP contribution in [-0.4, -0.2) is 40.6 Å². The van der Waals surface area contributed by atoms with E-state index in [-0.39, 0.29) is 0 Å². The molecule has 0 bridgehead atoms. The zero-order valence-electron chi connectivity index (χ0n) is 11.7. The van der Waals surface area contributed by atoms with E-state index in [4.69, 9.17) is 0 Å². The summed E-state index contributed by atoms with van der Waals surface area (Å²) in [6.07, 6.45) is 8.05. The van der Waals surface area contributed by atoms with Gasteiger partial charge in [-0.3, -0.25) is 0 Å². The van der Waals surface area contributed by atoms with Gasteiger partial charge in [-0.05, 0) is 38.8 Å². The molecule has 0 spiro atoms. The molecule has 102 valence electrons. The van der Waals surface area contributed by atoms with Gasteiger partial charge in [-0.1, -0.05) is 13.3 Å². The van der Waals surface area contributed by atoms with Crippen molar-refractivity contribution in [2.75, 3.05) is 31.5 Å². The first kappa shape index (κ1) is 13.4. The highest BCUT2D eigenvalue weighted by Crippen LogP contribution is 2.11. The monoisotopic (exact) mass is 250 g/mol. The molecule has 0 radical (unpaired) electrons. The number of aromatic nitrogens is 2. The standard InChI is InChI=1S/C14H26N4/c1-3-18-10-7-15-14(18)16-11-13(2)12-17-8-5-4-6-9-17/h7,10,13H,3-6,8-9,11-12H2,1-2H3,(H,15,16). The summed E-state index contributed by atoms with van der Waals surface area (Å²) in [4.78, 5) is 6.94. The maximum atomic E-state index is 4.34. The average molecular weight is 250 g/mol. The molecule has 1 aromatic rings. The Labute approximate surface area is 110 Å². The summed E-state index contributed by atoms with van der Waals surface area (Å²) < 4.78 is 2.15. The second-order valence-corrected chi connectivity index (χ2v) is 5.38. The van der Waals surface area contributed by atoms with Gasteiger partial charge in [-0.15, -0.1) is 0 Å². The molecule has 1 aliphatic rings. The fourth-order valence-electron chi connectivity index (χ4n) is 2.64. The molecule has 1 N–H and O–H groups in total. The van der Waals surface area contributed by atoms with Gasteiger partial charge in [-0.2, -0.15) is 0 Å². The Kier molecular flexibility index (Phi) is 5.05. The van der Waals surface area contributed by atoms with Crippen molar-refractivity contribution < 1.29 is 0 Å². The van der Waals surface area contributed by atoms with Crippen molar-refractivity contribution in [2.45, 2.75) is 39.7 Å². The predicted octanol–water partition coefficient (Wildman–Crippen LogP) is 2.44. The largest absolute Gasteiger partial charge is 0.355 e. The van der Waals surface area contributed by atoms with Crippen LogP contribution in [0.5, 0.6) is 0 Å². The molecule has 1 unspecified atom stereocenters. The van der Waals surface area contributed by atoms with Crippen LogP contribution >= 0.6 is 0 Å². The second-order valence-electron chi connectivity index (χ2n) is 5.38. The molecule has 0 amide bonds. The van der Waals surface area contributed by atoms with Crippen molar-refractivity contribution in [1.82, 2.24) is 14.5 Å². The van der Waals surface area contributed by atoms with Gasteiger partial charge in [-0.25, -0.2) is 4.98 Å². The van der Waals surface area contributed by atoms with Crippen molar-refractivity contribution in [3.05, 3.63) is 12.4 Å². The first-order valence-corrected chi connectivity index (χ1v) is 7.27. The molecule has 4 nitrogen and oxygen atoms in total. The smallest absolute Gasteiger partial charge is 0.202 e. The number of anilines is 1. The molecule has 1 saturated heterocycles. The van der Waals surface area contributed by atoms with E-state index in [2.05, 4.69) is 33.6 Å². The summed E-state index contributed by atoms with van der Waals surface area (Å²) in [6.45, 7) is 10.2. The van der Waals surface area contributed by atoms with Crippen LogP contribution in [0.1, 0.15) is 33.1 Å². The van der Waals surface area contributed by atoms with E-state index >= 15 is 0 Å². The highest BCUT2D eigenvalue weighted by atomic mass is 15.2.